The van der Waals surface area contributed by atoms with E-state index in [1.54, 1.807) is 18.7 Å². The maximum absolute atomic E-state index is 6.27. The van der Waals surface area contributed by atoms with Gasteiger partial charge in [0.25, 0.3) is 0 Å². The molecule has 0 saturated carbocycles. The predicted molar refractivity (Wildman–Crippen MR) is 71.1 cm³/mol. The molecule has 18 heavy (non-hydrogen) atoms. The number of hydrogen-bond donors (Lipinski definition) is 1. The molecule has 0 saturated heterocycles. The largest absolute Gasteiger partial charge is 0.472 e. The molecule has 0 fully saturated rings. The summed E-state index contributed by atoms with van der Waals surface area (Å²) < 4.78 is 5.07. The van der Waals surface area contributed by atoms with E-state index in [9.17, 15) is 0 Å². The molecule has 2 N–H and O–H groups in total. The summed E-state index contributed by atoms with van der Waals surface area (Å²) in [4.78, 5) is 4.43. The second kappa shape index (κ2) is 4.63. The van der Waals surface area contributed by atoms with E-state index in [2.05, 4.69) is 17.1 Å². The Kier molecular flexibility index (Phi) is 2.82. The minimum atomic E-state index is -0.0683. The summed E-state index contributed by atoms with van der Waals surface area (Å²) >= 11 is 0. The lowest BCUT2D eigenvalue weighted by Gasteiger charge is -2.13. The highest BCUT2D eigenvalue weighted by molar-refractivity contribution is 5.82. The summed E-state index contributed by atoms with van der Waals surface area (Å²) in [7, 11) is 0. The van der Waals surface area contributed by atoms with Crippen LogP contribution in [-0.2, 0) is 6.42 Å². The summed E-state index contributed by atoms with van der Waals surface area (Å²) in [6.45, 7) is 0. The standard InChI is InChI=1S/C15H14N2O/c16-14(9-11-6-8-18-10-11)13-5-1-3-12-4-2-7-17-15(12)13/h1-8,10,14H,9,16H2. The van der Waals surface area contributed by atoms with E-state index in [-0.39, 0.29) is 6.04 Å². The maximum atomic E-state index is 6.27. The third kappa shape index (κ3) is 2.00. The summed E-state index contributed by atoms with van der Waals surface area (Å²) in [5, 5.41) is 1.12. The van der Waals surface area contributed by atoms with Crippen LogP contribution in [0.1, 0.15) is 17.2 Å². The highest BCUT2D eigenvalue weighted by Crippen LogP contribution is 2.23. The van der Waals surface area contributed by atoms with Crippen molar-refractivity contribution in [1.82, 2.24) is 4.98 Å². The van der Waals surface area contributed by atoms with Crippen molar-refractivity contribution < 1.29 is 4.42 Å². The van der Waals surface area contributed by atoms with Crippen LogP contribution in [0.5, 0.6) is 0 Å². The fourth-order valence-corrected chi connectivity index (χ4v) is 2.20. The molecule has 0 amide bonds. The van der Waals surface area contributed by atoms with Crippen molar-refractivity contribution in [3.63, 3.8) is 0 Å². The Labute approximate surface area is 105 Å². The van der Waals surface area contributed by atoms with Gasteiger partial charge in [-0.25, -0.2) is 0 Å². The molecule has 2 aromatic heterocycles. The molecule has 90 valence electrons. The molecular weight excluding hydrogens is 224 g/mol. The van der Waals surface area contributed by atoms with Crippen molar-refractivity contribution in [1.29, 1.82) is 0 Å². The van der Waals surface area contributed by atoms with Crippen LogP contribution in [0.2, 0.25) is 0 Å². The third-order valence-electron chi connectivity index (χ3n) is 3.10. The van der Waals surface area contributed by atoms with E-state index in [0.29, 0.717) is 0 Å². The lowest BCUT2D eigenvalue weighted by molar-refractivity contribution is 0.561. The zero-order valence-electron chi connectivity index (χ0n) is 9.91. The van der Waals surface area contributed by atoms with Crippen LogP contribution in [-0.4, -0.2) is 4.98 Å². The van der Waals surface area contributed by atoms with E-state index in [0.717, 1.165) is 28.5 Å². The lowest BCUT2D eigenvalue weighted by Crippen LogP contribution is -2.13. The molecule has 0 aliphatic rings. The van der Waals surface area contributed by atoms with Crippen LogP contribution < -0.4 is 5.73 Å². The number of nitrogens with two attached hydrogens (primary N) is 1. The first-order valence-corrected chi connectivity index (χ1v) is 5.95. The Hall–Kier alpha value is -2.13. The zero-order chi connectivity index (χ0) is 12.4. The second-order valence-corrected chi connectivity index (χ2v) is 4.36. The summed E-state index contributed by atoms with van der Waals surface area (Å²) in [6.07, 6.45) is 5.96. The SMILES string of the molecule is NC(Cc1ccoc1)c1cccc2cccnc12. The fourth-order valence-electron chi connectivity index (χ4n) is 2.20. The monoisotopic (exact) mass is 238 g/mol. The minimum absolute atomic E-state index is 0.0683. The van der Waals surface area contributed by atoms with Gasteiger partial charge < -0.3 is 10.2 Å². The van der Waals surface area contributed by atoms with Gasteiger partial charge in [0, 0.05) is 17.6 Å². The van der Waals surface area contributed by atoms with Gasteiger partial charge in [0.1, 0.15) is 0 Å². The van der Waals surface area contributed by atoms with Gasteiger partial charge in [-0.05, 0) is 29.7 Å². The zero-order valence-corrected chi connectivity index (χ0v) is 9.91. The molecule has 3 heteroatoms. The van der Waals surface area contributed by atoms with Gasteiger partial charge in [0.2, 0.25) is 0 Å². The molecule has 2 heterocycles. The van der Waals surface area contributed by atoms with Crippen molar-refractivity contribution >= 4 is 10.9 Å². The van der Waals surface area contributed by atoms with Crippen molar-refractivity contribution in [3.8, 4) is 0 Å². The Bertz CT molecular complexity index is 641. The molecular formula is C15H14N2O. The number of hydrogen-bond acceptors (Lipinski definition) is 3. The van der Waals surface area contributed by atoms with Gasteiger partial charge in [-0.3, -0.25) is 4.98 Å². The van der Waals surface area contributed by atoms with Gasteiger partial charge in [-0.1, -0.05) is 24.3 Å². The normalized spacial score (nSPS) is 12.7. The molecule has 1 aromatic carbocycles. The number of para-hydroxylation sites is 1. The molecule has 0 aliphatic carbocycles. The summed E-state index contributed by atoms with van der Waals surface area (Å²) in [6, 6.07) is 12.0. The van der Waals surface area contributed by atoms with Crippen molar-refractivity contribution in [3.05, 3.63) is 66.2 Å². The topological polar surface area (TPSA) is 52.0 Å². The average Bonchev–Trinajstić information content (AvgIpc) is 2.91. The fraction of sp³-hybridized carbons (Fsp3) is 0.133. The summed E-state index contributed by atoms with van der Waals surface area (Å²) in [5.41, 5.74) is 9.44. The van der Waals surface area contributed by atoms with Crippen molar-refractivity contribution in [2.75, 3.05) is 0 Å². The smallest absolute Gasteiger partial charge is 0.0935 e. The molecule has 3 rings (SSSR count). The third-order valence-corrected chi connectivity index (χ3v) is 3.10. The van der Waals surface area contributed by atoms with Crippen molar-refractivity contribution in [2.24, 2.45) is 5.73 Å². The molecule has 3 nitrogen and oxygen atoms in total. The molecule has 0 aliphatic heterocycles. The quantitative estimate of drug-likeness (QED) is 0.763. The Balaban J connectivity index is 1.98. The summed E-state index contributed by atoms with van der Waals surface area (Å²) in [5.74, 6) is 0. The molecule has 1 atom stereocenters. The number of pyridine rings is 1. The van der Waals surface area contributed by atoms with Crippen LogP contribution >= 0.6 is 0 Å². The first-order valence-electron chi connectivity index (χ1n) is 5.95. The highest BCUT2D eigenvalue weighted by Gasteiger charge is 2.11. The second-order valence-electron chi connectivity index (χ2n) is 4.36. The Morgan fingerprint density at radius 1 is 1.17 bits per heavy atom. The number of nitrogens with zero attached hydrogens (tertiary/aromatic N) is 1. The predicted octanol–water partition coefficient (Wildman–Crippen LogP) is 3.07. The van der Waals surface area contributed by atoms with E-state index >= 15 is 0 Å². The number of benzene rings is 1. The number of furan rings is 1. The minimum Gasteiger partial charge on any atom is -0.472 e. The first-order chi connectivity index (χ1) is 8.84. The maximum Gasteiger partial charge on any atom is 0.0935 e. The van der Waals surface area contributed by atoms with Gasteiger partial charge in [0.05, 0.1) is 18.0 Å². The first kappa shape index (κ1) is 11.0. The number of fused-ring (bicyclic) bond motifs is 1. The van der Waals surface area contributed by atoms with E-state index in [1.807, 2.05) is 24.3 Å². The molecule has 3 aromatic rings. The number of aromatic nitrogens is 1. The van der Waals surface area contributed by atoms with Gasteiger partial charge in [-0.2, -0.15) is 0 Å². The molecule has 0 bridgehead atoms. The molecule has 0 spiro atoms. The van der Waals surface area contributed by atoms with Gasteiger partial charge in [0.15, 0.2) is 0 Å². The van der Waals surface area contributed by atoms with Gasteiger partial charge in [-0.15, -0.1) is 0 Å². The van der Waals surface area contributed by atoms with Crippen LogP contribution in [0.4, 0.5) is 0 Å². The Morgan fingerprint density at radius 2 is 2.06 bits per heavy atom. The van der Waals surface area contributed by atoms with Crippen LogP contribution in [0.15, 0.2) is 59.5 Å². The van der Waals surface area contributed by atoms with E-state index in [4.69, 9.17) is 10.2 Å². The van der Waals surface area contributed by atoms with Gasteiger partial charge >= 0.3 is 0 Å². The van der Waals surface area contributed by atoms with E-state index < -0.39 is 0 Å². The highest BCUT2D eigenvalue weighted by atomic mass is 16.3. The molecule has 0 radical (unpaired) electrons. The Morgan fingerprint density at radius 3 is 2.89 bits per heavy atom. The average molecular weight is 238 g/mol. The van der Waals surface area contributed by atoms with Crippen LogP contribution in [0, 0.1) is 0 Å². The van der Waals surface area contributed by atoms with Crippen LogP contribution in [0.3, 0.4) is 0 Å². The van der Waals surface area contributed by atoms with E-state index in [1.165, 1.54) is 0 Å². The lowest BCUT2D eigenvalue weighted by atomic mass is 9.98. The van der Waals surface area contributed by atoms with Crippen molar-refractivity contribution in [2.45, 2.75) is 12.5 Å². The van der Waals surface area contributed by atoms with Crippen LogP contribution in [0.25, 0.3) is 10.9 Å². The molecule has 1 unspecified atom stereocenters. The number of rotatable bonds is 3.